The van der Waals surface area contributed by atoms with Gasteiger partial charge < -0.3 is 10.1 Å². The maximum absolute atomic E-state index is 13.5. The molecule has 0 aromatic heterocycles. The number of benzene rings is 1. The molecule has 94 valence electrons. The van der Waals surface area contributed by atoms with Gasteiger partial charge in [-0.3, -0.25) is 0 Å². The van der Waals surface area contributed by atoms with Crippen molar-refractivity contribution in [2.24, 2.45) is 5.92 Å². The van der Waals surface area contributed by atoms with Crippen LogP contribution in [-0.2, 0) is 4.74 Å². The summed E-state index contributed by atoms with van der Waals surface area (Å²) in [6.07, 6.45) is 2.23. The van der Waals surface area contributed by atoms with Gasteiger partial charge in [-0.2, -0.15) is 0 Å². The minimum atomic E-state index is -0.222. The van der Waals surface area contributed by atoms with Crippen molar-refractivity contribution >= 4 is 15.9 Å². The van der Waals surface area contributed by atoms with Gasteiger partial charge in [0.05, 0.1) is 10.6 Å². The van der Waals surface area contributed by atoms with E-state index in [9.17, 15) is 4.39 Å². The fourth-order valence-corrected chi connectivity index (χ4v) is 2.62. The molecule has 0 amide bonds. The molecule has 1 heterocycles. The number of rotatable bonds is 3. The summed E-state index contributed by atoms with van der Waals surface area (Å²) in [5, 5.41) is 3.18. The van der Waals surface area contributed by atoms with Gasteiger partial charge in [0.15, 0.2) is 0 Å². The highest BCUT2D eigenvalue weighted by Crippen LogP contribution is 2.34. The first-order chi connectivity index (χ1) is 8.22. The molecule has 0 aliphatic carbocycles. The van der Waals surface area contributed by atoms with Crippen molar-refractivity contribution in [3.63, 3.8) is 0 Å². The van der Waals surface area contributed by atoms with Gasteiger partial charge in [-0.15, -0.1) is 0 Å². The van der Waals surface area contributed by atoms with Crippen LogP contribution < -0.4 is 5.32 Å². The van der Waals surface area contributed by atoms with E-state index in [0.717, 1.165) is 31.6 Å². The van der Waals surface area contributed by atoms with Crippen LogP contribution in [0.2, 0.25) is 0 Å². The molecule has 0 bridgehead atoms. The zero-order valence-corrected chi connectivity index (χ0v) is 11.5. The van der Waals surface area contributed by atoms with Crippen LogP contribution in [0.25, 0.3) is 0 Å². The van der Waals surface area contributed by atoms with Crippen molar-refractivity contribution in [3.05, 3.63) is 34.1 Å². The van der Waals surface area contributed by atoms with Crippen molar-refractivity contribution in [2.75, 3.05) is 20.2 Å². The van der Waals surface area contributed by atoms with Crippen LogP contribution in [0.3, 0.4) is 0 Å². The number of ether oxygens (including phenoxy) is 1. The van der Waals surface area contributed by atoms with Crippen molar-refractivity contribution < 1.29 is 9.13 Å². The highest BCUT2D eigenvalue weighted by molar-refractivity contribution is 9.10. The molecular formula is C13H17BrFNO. The summed E-state index contributed by atoms with van der Waals surface area (Å²) in [5.41, 5.74) is 0.936. The molecule has 1 fully saturated rings. The van der Waals surface area contributed by atoms with E-state index in [1.165, 1.54) is 0 Å². The van der Waals surface area contributed by atoms with Crippen molar-refractivity contribution in [2.45, 2.75) is 18.9 Å². The topological polar surface area (TPSA) is 21.3 Å². The van der Waals surface area contributed by atoms with E-state index in [-0.39, 0.29) is 11.9 Å². The molecule has 17 heavy (non-hydrogen) atoms. The van der Waals surface area contributed by atoms with Crippen LogP contribution >= 0.6 is 15.9 Å². The molecule has 2 atom stereocenters. The maximum Gasteiger partial charge on any atom is 0.137 e. The normalized spacial score (nSPS) is 24.9. The van der Waals surface area contributed by atoms with Crippen molar-refractivity contribution in [1.82, 2.24) is 5.32 Å². The third kappa shape index (κ3) is 3.06. The summed E-state index contributed by atoms with van der Waals surface area (Å²) in [4.78, 5) is 0. The molecule has 4 heteroatoms. The Morgan fingerprint density at radius 2 is 2.35 bits per heavy atom. The summed E-state index contributed by atoms with van der Waals surface area (Å²) in [5.74, 6) is 0.203. The van der Waals surface area contributed by atoms with Gasteiger partial charge >= 0.3 is 0 Å². The van der Waals surface area contributed by atoms with Gasteiger partial charge in [-0.05, 0) is 53.5 Å². The monoisotopic (exact) mass is 301 g/mol. The largest absolute Gasteiger partial charge is 0.373 e. The molecule has 0 radical (unpaired) electrons. The standard InChI is InChI=1S/C13H17BrFNO/c1-16-8-10-3-2-6-17-13(10)9-4-5-11(14)12(15)7-9/h4-5,7,10,13,16H,2-3,6,8H2,1H3. The molecule has 2 nitrogen and oxygen atoms in total. The molecule has 2 rings (SSSR count). The smallest absolute Gasteiger partial charge is 0.137 e. The lowest BCUT2D eigenvalue weighted by Gasteiger charge is -2.32. The summed E-state index contributed by atoms with van der Waals surface area (Å²) < 4.78 is 19.8. The molecule has 1 aromatic carbocycles. The second-order valence-electron chi connectivity index (χ2n) is 4.42. The van der Waals surface area contributed by atoms with Crippen LogP contribution in [0.1, 0.15) is 24.5 Å². The summed E-state index contributed by atoms with van der Waals surface area (Å²) in [6.45, 7) is 1.67. The quantitative estimate of drug-likeness (QED) is 0.925. The molecular weight excluding hydrogens is 285 g/mol. The van der Waals surface area contributed by atoms with E-state index in [2.05, 4.69) is 21.2 Å². The number of halogens is 2. The van der Waals surface area contributed by atoms with Crippen LogP contribution in [0.15, 0.2) is 22.7 Å². The van der Waals surface area contributed by atoms with Gasteiger partial charge in [-0.25, -0.2) is 4.39 Å². The third-order valence-corrected chi connectivity index (χ3v) is 3.83. The molecule has 1 aliphatic heterocycles. The summed E-state index contributed by atoms with van der Waals surface area (Å²) in [6, 6.07) is 5.26. The minimum Gasteiger partial charge on any atom is -0.373 e. The molecule has 1 N–H and O–H groups in total. The molecule has 1 aliphatic rings. The van der Waals surface area contributed by atoms with E-state index in [0.29, 0.717) is 10.4 Å². The first-order valence-corrected chi connectivity index (χ1v) is 6.73. The molecule has 0 saturated carbocycles. The van der Waals surface area contributed by atoms with Crippen LogP contribution in [0.5, 0.6) is 0 Å². The molecule has 2 unspecified atom stereocenters. The second kappa shape index (κ2) is 5.94. The van der Waals surface area contributed by atoms with Crippen molar-refractivity contribution in [1.29, 1.82) is 0 Å². The lowest BCUT2D eigenvalue weighted by atomic mass is 9.89. The Morgan fingerprint density at radius 1 is 1.53 bits per heavy atom. The Balaban J connectivity index is 2.20. The zero-order chi connectivity index (χ0) is 12.3. The predicted molar refractivity (Wildman–Crippen MR) is 69.4 cm³/mol. The Hall–Kier alpha value is -0.450. The Morgan fingerprint density at radius 3 is 3.06 bits per heavy atom. The van der Waals surface area contributed by atoms with Crippen LogP contribution in [-0.4, -0.2) is 20.2 Å². The molecule has 1 saturated heterocycles. The Bertz CT molecular complexity index is 384. The zero-order valence-electron chi connectivity index (χ0n) is 9.88. The van der Waals surface area contributed by atoms with E-state index in [1.54, 1.807) is 12.1 Å². The molecule has 0 spiro atoms. The minimum absolute atomic E-state index is 0.0128. The first kappa shape index (κ1) is 13.0. The lowest BCUT2D eigenvalue weighted by Crippen LogP contribution is -2.30. The highest BCUT2D eigenvalue weighted by Gasteiger charge is 2.27. The van der Waals surface area contributed by atoms with E-state index < -0.39 is 0 Å². The fraction of sp³-hybridized carbons (Fsp3) is 0.538. The highest BCUT2D eigenvalue weighted by atomic mass is 79.9. The SMILES string of the molecule is CNCC1CCCOC1c1ccc(Br)c(F)c1. The van der Waals surface area contributed by atoms with E-state index in [1.807, 2.05) is 13.1 Å². The van der Waals surface area contributed by atoms with E-state index >= 15 is 0 Å². The van der Waals surface area contributed by atoms with Gasteiger partial charge in [0.1, 0.15) is 5.82 Å². The van der Waals surface area contributed by atoms with Crippen LogP contribution in [0, 0.1) is 11.7 Å². The first-order valence-electron chi connectivity index (χ1n) is 5.93. The fourth-order valence-electron chi connectivity index (χ4n) is 2.37. The number of hydrogen-bond acceptors (Lipinski definition) is 2. The number of hydrogen-bond donors (Lipinski definition) is 1. The van der Waals surface area contributed by atoms with Crippen molar-refractivity contribution in [3.8, 4) is 0 Å². The van der Waals surface area contributed by atoms with Gasteiger partial charge in [0.2, 0.25) is 0 Å². The third-order valence-electron chi connectivity index (χ3n) is 3.18. The van der Waals surface area contributed by atoms with Gasteiger partial charge in [0.25, 0.3) is 0 Å². The molecule has 1 aromatic rings. The predicted octanol–water partition coefficient (Wildman–Crippen LogP) is 3.28. The maximum atomic E-state index is 13.5. The number of nitrogens with one attached hydrogen (secondary N) is 1. The average molecular weight is 302 g/mol. The lowest BCUT2D eigenvalue weighted by molar-refractivity contribution is -0.0274. The van der Waals surface area contributed by atoms with Gasteiger partial charge in [-0.1, -0.05) is 6.07 Å². The van der Waals surface area contributed by atoms with E-state index in [4.69, 9.17) is 4.74 Å². The summed E-state index contributed by atoms with van der Waals surface area (Å²) in [7, 11) is 1.94. The second-order valence-corrected chi connectivity index (χ2v) is 5.28. The average Bonchev–Trinajstić information content (AvgIpc) is 2.34. The van der Waals surface area contributed by atoms with Crippen LogP contribution in [0.4, 0.5) is 4.39 Å². The summed E-state index contributed by atoms with van der Waals surface area (Å²) >= 11 is 3.17. The van der Waals surface area contributed by atoms with Gasteiger partial charge in [0, 0.05) is 19.1 Å². The Labute approximate surface area is 110 Å². The Kier molecular flexibility index (Phi) is 4.54.